The number of thiol groups is 1. The van der Waals surface area contributed by atoms with Crippen LogP contribution in [0.3, 0.4) is 0 Å². The molecule has 0 bridgehead atoms. The van der Waals surface area contributed by atoms with Gasteiger partial charge < -0.3 is 9.31 Å². The highest BCUT2D eigenvalue weighted by Crippen LogP contribution is 2.39. The van der Waals surface area contributed by atoms with Crippen LogP contribution in [0, 0.1) is 6.92 Å². The SMILES string of the molecule is Cc1cc(C=O)ccc1C=C(CS)B1OC(C)(C)C(C)(C)O1. The molecule has 3 nitrogen and oxygen atoms in total. The van der Waals surface area contributed by atoms with Crippen molar-refractivity contribution >= 4 is 32.1 Å². The fourth-order valence-electron chi connectivity index (χ4n) is 2.32. The van der Waals surface area contributed by atoms with Gasteiger partial charge in [-0.2, -0.15) is 12.6 Å². The van der Waals surface area contributed by atoms with Crippen LogP contribution >= 0.6 is 12.6 Å². The molecule has 0 aromatic heterocycles. The summed E-state index contributed by atoms with van der Waals surface area (Å²) >= 11 is 4.42. The molecule has 0 N–H and O–H groups in total. The maximum absolute atomic E-state index is 10.8. The van der Waals surface area contributed by atoms with Gasteiger partial charge in [-0.3, -0.25) is 4.79 Å². The number of hydrogen-bond donors (Lipinski definition) is 1. The molecule has 0 aliphatic carbocycles. The molecule has 0 saturated carbocycles. The first kappa shape index (κ1) is 17.3. The molecule has 0 spiro atoms. The number of carbonyl (C=O) groups excluding carboxylic acids is 1. The Labute approximate surface area is 138 Å². The van der Waals surface area contributed by atoms with Gasteiger partial charge in [-0.25, -0.2) is 0 Å². The lowest BCUT2D eigenvalue weighted by molar-refractivity contribution is 0.00578. The van der Waals surface area contributed by atoms with E-state index in [9.17, 15) is 4.79 Å². The van der Waals surface area contributed by atoms with E-state index in [1.54, 1.807) is 0 Å². The van der Waals surface area contributed by atoms with E-state index in [4.69, 9.17) is 9.31 Å². The van der Waals surface area contributed by atoms with Gasteiger partial charge in [-0.05, 0) is 57.3 Å². The van der Waals surface area contributed by atoms with Crippen LogP contribution in [0.25, 0.3) is 6.08 Å². The number of hydrogen-bond acceptors (Lipinski definition) is 4. The molecule has 1 fully saturated rings. The van der Waals surface area contributed by atoms with E-state index in [2.05, 4.69) is 12.6 Å². The summed E-state index contributed by atoms with van der Waals surface area (Å²) < 4.78 is 12.2. The quantitative estimate of drug-likeness (QED) is 0.522. The van der Waals surface area contributed by atoms with Crippen molar-refractivity contribution in [3.8, 4) is 0 Å². The second kappa shape index (κ2) is 6.22. The number of rotatable bonds is 4. The molecule has 0 atom stereocenters. The Balaban J connectivity index is 2.31. The lowest BCUT2D eigenvalue weighted by Gasteiger charge is -2.32. The molecule has 1 aromatic carbocycles. The fourth-order valence-corrected chi connectivity index (χ4v) is 2.56. The highest BCUT2D eigenvalue weighted by molar-refractivity contribution is 7.80. The smallest absolute Gasteiger partial charge is 0.400 e. The van der Waals surface area contributed by atoms with Crippen LogP contribution in [0.5, 0.6) is 0 Å². The van der Waals surface area contributed by atoms with Crippen molar-refractivity contribution in [1.82, 2.24) is 0 Å². The van der Waals surface area contributed by atoms with E-state index in [1.165, 1.54) is 0 Å². The Morgan fingerprint density at radius 3 is 2.27 bits per heavy atom. The maximum atomic E-state index is 10.8. The van der Waals surface area contributed by atoms with Crippen LogP contribution in [0.15, 0.2) is 23.7 Å². The predicted octanol–water partition coefficient (Wildman–Crippen LogP) is 3.75. The number of benzene rings is 1. The summed E-state index contributed by atoms with van der Waals surface area (Å²) in [7, 11) is -0.396. The van der Waals surface area contributed by atoms with Gasteiger partial charge >= 0.3 is 7.12 Å². The second-order valence-corrected chi connectivity index (χ2v) is 7.02. The largest absolute Gasteiger partial charge is 0.491 e. The molecule has 118 valence electrons. The minimum atomic E-state index is -0.396. The molecule has 0 radical (unpaired) electrons. The van der Waals surface area contributed by atoms with Gasteiger partial charge in [0.2, 0.25) is 0 Å². The van der Waals surface area contributed by atoms with Crippen molar-refractivity contribution < 1.29 is 14.1 Å². The first-order chi connectivity index (χ1) is 10.2. The van der Waals surface area contributed by atoms with Gasteiger partial charge in [-0.15, -0.1) is 0 Å². The Kier molecular flexibility index (Phi) is 4.90. The lowest BCUT2D eigenvalue weighted by atomic mass is 9.78. The van der Waals surface area contributed by atoms with Crippen LogP contribution in [0.4, 0.5) is 0 Å². The first-order valence-corrected chi connectivity index (χ1v) is 8.06. The third-order valence-electron chi connectivity index (χ3n) is 4.51. The molecular formula is C17H23BO3S. The van der Waals surface area contributed by atoms with Gasteiger partial charge in [0.15, 0.2) is 0 Å². The zero-order valence-corrected chi connectivity index (χ0v) is 14.7. The van der Waals surface area contributed by atoms with E-state index in [-0.39, 0.29) is 11.2 Å². The average Bonchev–Trinajstić information content (AvgIpc) is 2.65. The van der Waals surface area contributed by atoms with Crippen molar-refractivity contribution in [2.45, 2.75) is 45.8 Å². The highest BCUT2D eigenvalue weighted by atomic mass is 32.1. The zero-order valence-electron chi connectivity index (χ0n) is 13.8. The van der Waals surface area contributed by atoms with Crippen LogP contribution in [0.2, 0.25) is 0 Å². The van der Waals surface area contributed by atoms with E-state index < -0.39 is 7.12 Å². The minimum Gasteiger partial charge on any atom is -0.400 e. The summed E-state index contributed by atoms with van der Waals surface area (Å²) in [5.41, 5.74) is 3.01. The second-order valence-electron chi connectivity index (χ2n) is 6.70. The van der Waals surface area contributed by atoms with Gasteiger partial charge in [0.05, 0.1) is 11.2 Å². The Bertz CT molecular complexity index is 592. The van der Waals surface area contributed by atoms with E-state index >= 15 is 0 Å². The van der Waals surface area contributed by atoms with E-state index in [0.29, 0.717) is 11.3 Å². The Hall–Kier alpha value is -1.04. The molecular weight excluding hydrogens is 295 g/mol. The molecule has 1 saturated heterocycles. The fraction of sp³-hybridized carbons (Fsp3) is 0.471. The monoisotopic (exact) mass is 318 g/mol. The zero-order chi connectivity index (χ0) is 16.5. The van der Waals surface area contributed by atoms with E-state index in [1.807, 2.05) is 58.9 Å². The molecule has 0 amide bonds. The Morgan fingerprint density at radius 1 is 1.23 bits per heavy atom. The summed E-state index contributed by atoms with van der Waals surface area (Å²) in [6.07, 6.45) is 2.90. The van der Waals surface area contributed by atoms with Crippen LogP contribution < -0.4 is 0 Å². The molecule has 1 aliphatic rings. The van der Waals surface area contributed by atoms with Crippen LogP contribution in [0.1, 0.15) is 49.2 Å². The maximum Gasteiger partial charge on any atom is 0.491 e. The lowest BCUT2D eigenvalue weighted by Crippen LogP contribution is -2.41. The Morgan fingerprint density at radius 2 is 1.82 bits per heavy atom. The van der Waals surface area contributed by atoms with Crippen molar-refractivity contribution in [2.24, 2.45) is 0 Å². The summed E-state index contributed by atoms with van der Waals surface area (Å²) in [5.74, 6) is 0.547. The topological polar surface area (TPSA) is 35.5 Å². The molecule has 1 aliphatic heterocycles. The van der Waals surface area contributed by atoms with Crippen LogP contribution in [-0.2, 0) is 9.31 Å². The highest BCUT2D eigenvalue weighted by Gasteiger charge is 2.52. The first-order valence-electron chi connectivity index (χ1n) is 7.43. The van der Waals surface area contributed by atoms with Crippen molar-refractivity contribution in [2.75, 3.05) is 5.75 Å². The summed E-state index contributed by atoms with van der Waals surface area (Å²) in [6.45, 7) is 10.1. The average molecular weight is 318 g/mol. The summed E-state index contributed by atoms with van der Waals surface area (Å²) in [6, 6.07) is 5.62. The molecule has 5 heteroatoms. The molecule has 1 heterocycles. The van der Waals surface area contributed by atoms with Gasteiger partial charge in [0.25, 0.3) is 0 Å². The summed E-state index contributed by atoms with van der Waals surface area (Å²) in [4.78, 5) is 10.8. The minimum absolute atomic E-state index is 0.365. The van der Waals surface area contributed by atoms with Gasteiger partial charge in [0.1, 0.15) is 6.29 Å². The van der Waals surface area contributed by atoms with Crippen molar-refractivity contribution in [3.05, 3.63) is 40.4 Å². The predicted molar refractivity (Wildman–Crippen MR) is 94.5 cm³/mol. The normalized spacial score (nSPS) is 20.3. The number of carbonyl (C=O) groups is 1. The number of aldehydes is 1. The third kappa shape index (κ3) is 3.32. The third-order valence-corrected chi connectivity index (χ3v) is 4.87. The molecule has 2 rings (SSSR count). The molecule has 1 aromatic rings. The number of aryl methyl sites for hydroxylation is 1. The van der Waals surface area contributed by atoms with Gasteiger partial charge in [0, 0.05) is 11.3 Å². The molecule has 22 heavy (non-hydrogen) atoms. The summed E-state index contributed by atoms with van der Waals surface area (Å²) in [5, 5.41) is 0. The standard InChI is InChI=1S/C17H23BO3S/c1-12-8-13(10-19)6-7-14(12)9-15(11-22)18-20-16(2,3)17(4,5)21-18/h6-10,22H,11H2,1-5H3. The van der Waals surface area contributed by atoms with Crippen molar-refractivity contribution in [1.29, 1.82) is 0 Å². The molecule has 0 unspecified atom stereocenters. The van der Waals surface area contributed by atoms with Crippen LogP contribution in [-0.4, -0.2) is 30.4 Å². The van der Waals surface area contributed by atoms with Crippen molar-refractivity contribution in [3.63, 3.8) is 0 Å². The van der Waals surface area contributed by atoms with Gasteiger partial charge in [-0.1, -0.05) is 18.2 Å². The van der Waals surface area contributed by atoms with E-state index in [0.717, 1.165) is 22.9 Å².